The molecular weight excluding hydrogens is 298 g/mol. The first-order valence-electron chi connectivity index (χ1n) is 6.34. The number of hydrogen-bond acceptors (Lipinski definition) is 6. The van der Waals surface area contributed by atoms with Gasteiger partial charge in [0.1, 0.15) is 0 Å². The van der Waals surface area contributed by atoms with Crippen LogP contribution in [0.25, 0.3) is 0 Å². The Morgan fingerprint density at radius 3 is 2.67 bits per heavy atom. The number of sulfone groups is 1. The lowest BCUT2D eigenvalue weighted by molar-refractivity contribution is -0.384. The van der Waals surface area contributed by atoms with Crippen molar-refractivity contribution in [2.75, 3.05) is 30.3 Å². The highest BCUT2D eigenvalue weighted by Crippen LogP contribution is 2.22. The molecule has 2 N–H and O–H groups in total. The Balaban J connectivity index is 2.27. The van der Waals surface area contributed by atoms with Gasteiger partial charge in [0.25, 0.3) is 11.6 Å². The molecule has 1 heterocycles. The molecule has 9 heteroatoms. The van der Waals surface area contributed by atoms with Crippen LogP contribution in [0.5, 0.6) is 0 Å². The van der Waals surface area contributed by atoms with E-state index >= 15 is 0 Å². The number of nitrogens with two attached hydrogens (primary N) is 1. The van der Waals surface area contributed by atoms with Crippen LogP contribution in [0.15, 0.2) is 18.2 Å². The number of carbonyl (C=O) groups is 1. The van der Waals surface area contributed by atoms with Crippen molar-refractivity contribution in [1.29, 1.82) is 0 Å². The van der Waals surface area contributed by atoms with Crippen LogP contribution in [0.4, 0.5) is 11.4 Å². The summed E-state index contributed by atoms with van der Waals surface area (Å²) < 4.78 is 23.1. The Kier molecular flexibility index (Phi) is 4.12. The zero-order valence-electron chi connectivity index (χ0n) is 11.2. The van der Waals surface area contributed by atoms with Crippen LogP contribution in [-0.4, -0.2) is 48.7 Å². The van der Waals surface area contributed by atoms with E-state index in [1.165, 1.54) is 17.0 Å². The Morgan fingerprint density at radius 2 is 2.00 bits per heavy atom. The number of nitrogen functional groups attached to an aromatic ring is 1. The SMILES string of the molecule is Nc1ccc([N+](=O)[O-])cc1C(=O)N1CCCS(=O)(=O)CC1. The third-order valence-corrected chi connectivity index (χ3v) is 5.04. The van der Waals surface area contributed by atoms with Crippen LogP contribution in [0.2, 0.25) is 0 Å². The standard InChI is InChI=1S/C12H15N3O5S/c13-11-3-2-9(15(17)18)8-10(11)12(16)14-4-1-6-21(19,20)7-5-14/h2-3,8H,1,4-7,13H2. The molecule has 114 valence electrons. The number of nitro groups is 1. The summed E-state index contributed by atoms with van der Waals surface area (Å²) in [6.45, 7) is 0.365. The highest BCUT2D eigenvalue weighted by molar-refractivity contribution is 7.91. The lowest BCUT2D eigenvalue weighted by Gasteiger charge is -2.20. The number of nitro benzene ring substituents is 1. The predicted molar refractivity (Wildman–Crippen MR) is 76.7 cm³/mol. The second-order valence-corrected chi connectivity index (χ2v) is 7.13. The van der Waals surface area contributed by atoms with Gasteiger partial charge in [0.2, 0.25) is 0 Å². The van der Waals surface area contributed by atoms with Crippen LogP contribution in [-0.2, 0) is 9.84 Å². The van der Waals surface area contributed by atoms with E-state index < -0.39 is 20.7 Å². The number of anilines is 1. The highest BCUT2D eigenvalue weighted by atomic mass is 32.2. The van der Waals surface area contributed by atoms with Gasteiger partial charge < -0.3 is 10.6 Å². The van der Waals surface area contributed by atoms with E-state index in [4.69, 9.17) is 5.73 Å². The van der Waals surface area contributed by atoms with Crippen molar-refractivity contribution in [3.05, 3.63) is 33.9 Å². The van der Waals surface area contributed by atoms with E-state index in [0.29, 0.717) is 13.0 Å². The monoisotopic (exact) mass is 313 g/mol. The van der Waals surface area contributed by atoms with Gasteiger partial charge in [-0.1, -0.05) is 0 Å². The van der Waals surface area contributed by atoms with Crippen molar-refractivity contribution in [1.82, 2.24) is 4.90 Å². The van der Waals surface area contributed by atoms with Gasteiger partial charge in [-0.05, 0) is 12.5 Å². The zero-order chi connectivity index (χ0) is 15.6. The lowest BCUT2D eigenvalue weighted by atomic mass is 10.1. The quantitative estimate of drug-likeness (QED) is 0.480. The summed E-state index contributed by atoms with van der Waals surface area (Å²) in [5, 5.41) is 10.8. The summed E-state index contributed by atoms with van der Waals surface area (Å²) in [6, 6.07) is 3.65. The minimum absolute atomic E-state index is 0.0310. The minimum Gasteiger partial charge on any atom is -0.398 e. The molecule has 1 aromatic rings. The van der Waals surface area contributed by atoms with Gasteiger partial charge in [0.15, 0.2) is 9.84 Å². The first kappa shape index (κ1) is 15.2. The molecule has 21 heavy (non-hydrogen) atoms. The molecule has 0 saturated carbocycles. The van der Waals surface area contributed by atoms with Gasteiger partial charge >= 0.3 is 0 Å². The number of benzene rings is 1. The van der Waals surface area contributed by atoms with Crippen molar-refractivity contribution in [2.24, 2.45) is 0 Å². The molecule has 1 amide bonds. The molecule has 0 radical (unpaired) electrons. The summed E-state index contributed by atoms with van der Waals surface area (Å²) in [6.07, 6.45) is 0.350. The number of hydrogen-bond donors (Lipinski definition) is 1. The number of non-ortho nitro benzene ring substituents is 1. The number of nitrogens with zero attached hydrogens (tertiary/aromatic N) is 2. The molecule has 1 fully saturated rings. The average molecular weight is 313 g/mol. The van der Waals surface area contributed by atoms with Crippen molar-refractivity contribution in [3.8, 4) is 0 Å². The van der Waals surface area contributed by atoms with E-state index in [9.17, 15) is 23.3 Å². The fraction of sp³-hybridized carbons (Fsp3) is 0.417. The fourth-order valence-electron chi connectivity index (χ4n) is 2.15. The first-order chi connectivity index (χ1) is 9.80. The van der Waals surface area contributed by atoms with Crippen molar-refractivity contribution < 1.29 is 18.1 Å². The largest absolute Gasteiger partial charge is 0.398 e. The molecule has 1 saturated heterocycles. The average Bonchev–Trinajstić information content (AvgIpc) is 2.59. The predicted octanol–water partition coefficient (Wildman–Crippen LogP) is 0.438. The third-order valence-electron chi connectivity index (χ3n) is 3.32. The summed E-state index contributed by atoms with van der Waals surface area (Å²) >= 11 is 0. The summed E-state index contributed by atoms with van der Waals surface area (Å²) in [5.41, 5.74) is 5.64. The van der Waals surface area contributed by atoms with Gasteiger partial charge in [-0.2, -0.15) is 0 Å². The molecule has 0 unspecified atom stereocenters. The number of rotatable bonds is 2. The Hall–Kier alpha value is -2.16. The van der Waals surface area contributed by atoms with Crippen LogP contribution >= 0.6 is 0 Å². The third kappa shape index (κ3) is 3.48. The van der Waals surface area contributed by atoms with E-state index in [2.05, 4.69) is 0 Å². The van der Waals surface area contributed by atoms with Gasteiger partial charge in [-0.25, -0.2) is 8.42 Å². The molecular formula is C12H15N3O5S. The van der Waals surface area contributed by atoms with Crippen LogP contribution < -0.4 is 5.73 Å². The van der Waals surface area contributed by atoms with Gasteiger partial charge in [0.05, 0.1) is 22.0 Å². The zero-order valence-corrected chi connectivity index (χ0v) is 12.0. The molecule has 8 nitrogen and oxygen atoms in total. The summed E-state index contributed by atoms with van der Waals surface area (Å²) in [7, 11) is -3.13. The topological polar surface area (TPSA) is 124 Å². The van der Waals surface area contributed by atoms with E-state index in [0.717, 1.165) is 6.07 Å². The van der Waals surface area contributed by atoms with Crippen LogP contribution in [0.1, 0.15) is 16.8 Å². The van der Waals surface area contributed by atoms with E-state index in [1.807, 2.05) is 0 Å². The molecule has 1 aliphatic rings. The van der Waals surface area contributed by atoms with Crippen LogP contribution in [0.3, 0.4) is 0 Å². The second-order valence-electron chi connectivity index (χ2n) is 4.83. The molecule has 0 spiro atoms. The van der Waals surface area contributed by atoms with E-state index in [-0.39, 0.29) is 35.0 Å². The molecule has 1 aliphatic heterocycles. The number of carbonyl (C=O) groups excluding carboxylic acids is 1. The minimum atomic E-state index is -3.13. The Bertz CT molecular complexity index is 686. The summed E-state index contributed by atoms with van der Waals surface area (Å²) in [5.74, 6) is -0.539. The molecule has 1 aromatic carbocycles. The Labute approximate surface area is 121 Å². The smallest absolute Gasteiger partial charge is 0.270 e. The number of amides is 1. The molecule has 0 aromatic heterocycles. The first-order valence-corrected chi connectivity index (χ1v) is 8.16. The molecule has 0 bridgehead atoms. The molecule has 0 aliphatic carbocycles. The van der Waals surface area contributed by atoms with Gasteiger partial charge in [-0.3, -0.25) is 14.9 Å². The van der Waals surface area contributed by atoms with Gasteiger partial charge in [0, 0.05) is 30.9 Å². The molecule has 2 rings (SSSR count). The van der Waals surface area contributed by atoms with Crippen LogP contribution in [0, 0.1) is 10.1 Å². The molecule has 0 atom stereocenters. The summed E-state index contributed by atoms with van der Waals surface area (Å²) in [4.78, 5) is 23.9. The fourth-order valence-corrected chi connectivity index (χ4v) is 3.43. The maximum absolute atomic E-state index is 12.4. The highest BCUT2D eigenvalue weighted by Gasteiger charge is 2.25. The lowest BCUT2D eigenvalue weighted by Crippen LogP contribution is -2.34. The van der Waals surface area contributed by atoms with Gasteiger partial charge in [-0.15, -0.1) is 0 Å². The van der Waals surface area contributed by atoms with Crippen molar-refractivity contribution in [3.63, 3.8) is 0 Å². The van der Waals surface area contributed by atoms with Crippen molar-refractivity contribution in [2.45, 2.75) is 6.42 Å². The maximum Gasteiger partial charge on any atom is 0.270 e. The van der Waals surface area contributed by atoms with E-state index in [1.54, 1.807) is 0 Å². The second kappa shape index (κ2) is 5.68. The Morgan fingerprint density at radius 1 is 1.29 bits per heavy atom. The normalized spacial score (nSPS) is 18.0. The van der Waals surface area contributed by atoms with Crippen molar-refractivity contribution >= 4 is 27.1 Å². The maximum atomic E-state index is 12.4.